The number of carbonyl (C=O) groups is 3. The summed E-state index contributed by atoms with van der Waals surface area (Å²) in [5, 5.41) is 11.5. The van der Waals surface area contributed by atoms with Gasteiger partial charge in [-0.05, 0) is 26.0 Å². The van der Waals surface area contributed by atoms with Crippen LogP contribution in [0.1, 0.15) is 19.6 Å². The smallest absolute Gasteiger partial charge is 0.327 e. The van der Waals surface area contributed by atoms with Gasteiger partial charge in [0.25, 0.3) is 11.6 Å². The number of amides is 2. The monoisotopic (exact) mass is 354 g/mol. The topological polar surface area (TPSA) is 109 Å². The van der Waals surface area contributed by atoms with Crippen molar-refractivity contribution in [1.29, 1.82) is 0 Å². The second-order valence-electron chi connectivity index (χ2n) is 6.27. The minimum absolute atomic E-state index is 0.0332. The number of carboxylic acid groups (broad SMARTS) is 1. The lowest BCUT2D eigenvalue weighted by atomic mass is 9.93. The van der Waals surface area contributed by atoms with Gasteiger partial charge in [0.1, 0.15) is 17.2 Å². The summed E-state index contributed by atoms with van der Waals surface area (Å²) in [7, 11) is 1.32. The molecule has 1 aromatic rings. The number of hydrogen-bond donors (Lipinski definition) is 2. The van der Waals surface area contributed by atoms with Gasteiger partial charge in [0.15, 0.2) is 0 Å². The number of fused-ring (bicyclic) bond motifs is 1. The van der Waals surface area contributed by atoms with Crippen LogP contribution in [0, 0.1) is 0 Å². The minimum Gasteiger partial charge on any atom is -0.480 e. The second-order valence-corrected chi connectivity index (χ2v) is 8.01. The summed E-state index contributed by atoms with van der Waals surface area (Å²) < 4.78 is 9.77. The average Bonchev–Trinajstić information content (AvgIpc) is 3.08. The zero-order chi connectivity index (χ0) is 17.7. The van der Waals surface area contributed by atoms with Crippen molar-refractivity contribution in [3.8, 4) is 0 Å². The van der Waals surface area contributed by atoms with Crippen molar-refractivity contribution in [3.05, 3.63) is 24.2 Å². The number of furan rings is 1. The van der Waals surface area contributed by atoms with Gasteiger partial charge in [0, 0.05) is 11.9 Å². The molecule has 8 nitrogen and oxygen atoms in total. The van der Waals surface area contributed by atoms with Crippen molar-refractivity contribution in [2.24, 2.45) is 0 Å². The first-order valence-corrected chi connectivity index (χ1v) is 8.23. The Morgan fingerprint density at radius 1 is 1.50 bits per heavy atom. The van der Waals surface area contributed by atoms with Gasteiger partial charge in [-0.15, -0.1) is 11.8 Å². The van der Waals surface area contributed by atoms with E-state index in [2.05, 4.69) is 5.32 Å². The van der Waals surface area contributed by atoms with Crippen LogP contribution in [0.5, 0.6) is 0 Å². The molecule has 2 amide bonds. The highest BCUT2D eigenvalue weighted by Gasteiger charge is 2.73. The lowest BCUT2D eigenvalue weighted by molar-refractivity contribution is -0.201. The van der Waals surface area contributed by atoms with E-state index in [-0.39, 0.29) is 6.42 Å². The third-order valence-corrected chi connectivity index (χ3v) is 5.91. The van der Waals surface area contributed by atoms with E-state index in [9.17, 15) is 19.5 Å². The highest BCUT2D eigenvalue weighted by molar-refractivity contribution is 8.01. The molecular weight excluding hydrogens is 336 g/mol. The molecule has 0 aliphatic carbocycles. The Kier molecular flexibility index (Phi) is 3.88. The third-order valence-electron chi connectivity index (χ3n) is 4.30. The molecule has 24 heavy (non-hydrogen) atoms. The van der Waals surface area contributed by atoms with E-state index in [1.165, 1.54) is 30.0 Å². The first-order chi connectivity index (χ1) is 11.2. The summed E-state index contributed by atoms with van der Waals surface area (Å²) in [4.78, 5) is 37.7. The number of aliphatic carboxylic acids is 1. The predicted octanol–water partition coefficient (Wildman–Crippen LogP) is 0.428. The van der Waals surface area contributed by atoms with Crippen LogP contribution >= 0.6 is 11.8 Å². The molecule has 0 spiro atoms. The molecule has 0 bridgehead atoms. The van der Waals surface area contributed by atoms with Gasteiger partial charge in [0.2, 0.25) is 5.91 Å². The summed E-state index contributed by atoms with van der Waals surface area (Å²) in [5.74, 6) is -1.59. The number of nitrogens with zero attached hydrogens (tertiary/aromatic N) is 1. The normalized spacial score (nSPS) is 30.6. The Labute approximate surface area is 142 Å². The van der Waals surface area contributed by atoms with E-state index in [1.807, 2.05) is 0 Å². The SMILES string of the molecule is CO[C@]1(NC(=O)Cc2ccco2)C(=O)N2[C@@H](C(=O)O)C(C)(C)S[C@@H]21. The zero-order valence-corrected chi connectivity index (χ0v) is 14.3. The standard InChI is InChI=1S/C15H18N2O6S/c1-14(2)10(11(19)20)17-12(21)15(22-3,13(17)24-14)16-9(18)7-8-5-4-6-23-8/h4-6,10,13H,7H2,1-3H3,(H,16,18)(H,19,20)/t10-,13+,15+/m0/s1. The van der Waals surface area contributed by atoms with Crippen LogP contribution in [0.4, 0.5) is 0 Å². The fraction of sp³-hybridized carbons (Fsp3) is 0.533. The number of methoxy groups -OCH3 is 1. The van der Waals surface area contributed by atoms with E-state index in [4.69, 9.17) is 9.15 Å². The van der Waals surface area contributed by atoms with Crippen LogP contribution in [0.2, 0.25) is 0 Å². The lowest BCUT2D eigenvalue weighted by Gasteiger charge is -2.51. The number of nitrogens with one attached hydrogen (secondary N) is 1. The van der Waals surface area contributed by atoms with Crippen LogP contribution in [-0.4, -0.2) is 56.8 Å². The molecule has 2 fully saturated rings. The summed E-state index contributed by atoms with van der Waals surface area (Å²) in [6.07, 6.45) is 1.42. The van der Waals surface area contributed by atoms with Crippen molar-refractivity contribution in [3.63, 3.8) is 0 Å². The zero-order valence-electron chi connectivity index (χ0n) is 13.4. The van der Waals surface area contributed by atoms with Gasteiger partial charge in [-0.2, -0.15) is 0 Å². The molecule has 0 unspecified atom stereocenters. The molecular formula is C15H18N2O6S. The number of ether oxygens (including phenoxy) is 1. The van der Waals surface area contributed by atoms with Gasteiger partial charge in [-0.25, -0.2) is 4.79 Å². The maximum Gasteiger partial charge on any atom is 0.327 e. The molecule has 130 valence electrons. The Balaban J connectivity index is 1.81. The number of carboxylic acids is 1. The quantitative estimate of drug-likeness (QED) is 0.583. The maximum atomic E-state index is 12.6. The van der Waals surface area contributed by atoms with E-state index in [1.54, 1.807) is 26.0 Å². The van der Waals surface area contributed by atoms with Crippen LogP contribution in [0.15, 0.2) is 22.8 Å². The maximum absolute atomic E-state index is 12.6. The van der Waals surface area contributed by atoms with Crippen LogP contribution in [0.25, 0.3) is 0 Å². The molecule has 2 aliphatic rings. The first-order valence-electron chi connectivity index (χ1n) is 7.35. The molecule has 2 saturated heterocycles. The fourth-order valence-corrected chi connectivity index (χ4v) is 4.88. The summed E-state index contributed by atoms with van der Waals surface area (Å²) in [5.41, 5.74) is -1.55. The molecule has 3 atom stereocenters. The van der Waals surface area contributed by atoms with E-state index >= 15 is 0 Å². The third kappa shape index (κ3) is 2.30. The Morgan fingerprint density at radius 2 is 2.21 bits per heavy atom. The number of rotatable bonds is 5. The molecule has 2 N–H and O–H groups in total. The number of thioether (sulfide) groups is 1. The molecule has 2 aliphatic heterocycles. The van der Waals surface area contributed by atoms with Crippen LogP contribution in [-0.2, 0) is 25.5 Å². The molecule has 0 radical (unpaired) electrons. The van der Waals surface area contributed by atoms with Gasteiger partial charge in [-0.3, -0.25) is 9.59 Å². The van der Waals surface area contributed by atoms with Crippen molar-refractivity contribution in [2.75, 3.05) is 7.11 Å². The van der Waals surface area contributed by atoms with Crippen molar-refractivity contribution in [2.45, 2.75) is 42.2 Å². The molecule has 0 aromatic carbocycles. The van der Waals surface area contributed by atoms with Gasteiger partial charge in [-0.1, -0.05) is 0 Å². The second kappa shape index (κ2) is 5.52. The largest absolute Gasteiger partial charge is 0.480 e. The van der Waals surface area contributed by atoms with E-state index < -0.39 is 39.7 Å². The van der Waals surface area contributed by atoms with E-state index in [0.29, 0.717) is 5.76 Å². The van der Waals surface area contributed by atoms with Gasteiger partial charge < -0.3 is 24.5 Å². The van der Waals surface area contributed by atoms with Crippen molar-refractivity contribution in [1.82, 2.24) is 10.2 Å². The molecule has 3 rings (SSSR count). The predicted molar refractivity (Wildman–Crippen MR) is 84.0 cm³/mol. The Hall–Kier alpha value is -2.00. The summed E-state index contributed by atoms with van der Waals surface area (Å²) in [6.45, 7) is 3.51. The molecule has 9 heteroatoms. The molecule has 3 heterocycles. The summed E-state index contributed by atoms with van der Waals surface area (Å²) in [6, 6.07) is 2.35. The number of hydrogen-bond acceptors (Lipinski definition) is 6. The lowest BCUT2D eigenvalue weighted by Crippen LogP contribution is -2.80. The number of β-lactam (4-membered cyclic amide) rings is 1. The van der Waals surface area contributed by atoms with Crippen molar-refractivity contribution >= 4 is 29.5 Å². The first kappa shape index (κ1) is 16.8. The molecule has 0 saturated carbocycles. The Morgan fingerprint density at radius 3 is 2.75 bits per heavy atom. The fourth-order valence-electron chi connectivity index (χ4n) is 3.21. The highest BCUT2D eigenvalue weighted by Crippen LogP contribution is 2.55. The minimum atomic E-state index is -1.55. The number of carbonyl (C=O) groups excluding carboxylic acids is 2. The average molecular weight is 354 g/mol. The van der Waals surface area contributed by atoms with E-state index in [0.717, 1.165) is 0 Å². The van der Waals surface area contributed by atoms with Crippen LogP contribution < -0.4 is 5.32 Å². The Bertz CT molecular complexity index is 688. The summed E-state index contributed by atoms with van der Waals surface area (Å²) >= 11 is 1.30. The molecule has 1 aromatic heterocycles. The highest BCUT2D eigenvalue weighted by atomic mass is 32.2. The van der Waals surface area contributed by atoms with Crippen LogP contribution in [0.3, 0.4) is 0 Å². The van der Waals surface area contributed by atoms with Gasteiger partial charge >= 0.3 is 5.97 Å². The van der Waals surface area contributed by atoms with Gasteiger partial charge in [0.05, 0.1) is 12.7 Å². The van der Waals surface area contributed by atoms with Crippen molar-refractivity contribution < 1.29 is 28.6 Å².